The Hall–Kier alpha value is -5.12. The lowest BCUT2D eigenvalue weighted by Gasteiger charge is -2.29. The SMILES string of the molecule is COC(=O)N[C@H](C(=O)Cc1ccccc1CC[C@@H]1CN[C@H](c2nnc(Cc3ccccc3)o2)CO1)C(c1ccccc1)c1ccccc1. The highest BCUT2D eigenvalue weighted by Crippen LogP contribution is 2.30. The van der Waals surface area contributed by atoms with Gasteiger partial charge in [-0.25, -0.2) is 4.79 Å². The fourth-order valence-electron chi connectivity index (χ4n) is 6.24. The number of methoxy groups -OCH3 is 1. The highest BCUT2D eigenvalue weighted by Gasteiger charge is 2.33. The van der Waals surface area contributed by atoms with Gasteiger partial charge in [0, 0.05) is 18.9 Å². The highest BCUT2D eigenvalue weighted by atomic mass is 16.5. The normalized spacial score (nSPS) is 16.7. The summed E-state index contributed by atoms with van der Waals surface area (Å²) in [6.07, 6.45) is 1.60. The Kier molecular flexibility index (Phi) is 11.0. The van der Waals surface area contributed by atoms with E-state index in [2.05, 4.69) is 26.9 Å². The Balaban J connectivity index is 1.10. The van der Waals surface area contributed by atoms with Gasteiger partial charge in [0.25, 0.3) is 0 Å². The summed E-state index contributed by atoms with van der Waals surface area (Å²) in [6.45, 7) is 1.07. The van der Waals surface area contributed by atoms with Gasteiger partial charge in [-0.1, -0.05) is 115 Å². The molecule has 1 saturated heterocycles. The first kappa shape index (κ1) is 32.8. The minimum absolute atomic E-state index is 0.00833. The molecule has 0 aliphatic carbocycles. The number of amides is 1. The molecule has 1 aliphatic heterocycles. The maximum atomic E-state index is 14.2. The number of nitrogens with one attached hydrogen (secondary N) is 2. The molecule has 0 radical (unpaired) electrons. The number of hydrogen-bond donors (Lipinski definition) is 2. The van der Waals surface area contributed by atoms with Crippen molar-refractivity contribution in [2.75, 3.05) is 20.3 Å². The van der Waals surface area contributed by atoms with Crippen molar-refractivity contribution in [3.05, 3.63) is 155 Å². The Morgan fingerprint density at radius 2 is 1.48 bits per heavy atom. The highest BCUT2D eigenvalue weighted by molar-refractivity contribution is 5.90. The monoisotopic (exact) mass is 644 g/mol. The van der Waals surface area contributed by atoms with E-state index < -0.39 is 18.1 Å². The van der Waals surface area contributed by atoms with Gasteiger partial charge >= 0.3 is 6.09 Å². The van der Waals surface area contributed by atoms with Crippen molar-refractivity contribution in [1.82, 2.24) is 20.8 Å². The molecule has 0 saturated carbocycles. The summed E-state index contributed by atoms with van der Waals surface area (Å²) >= 11 is 0. The second kappa shape index (κ2) is 16.1. The van der Waals surface area contributed by atoms with E-state index in [1.807, 2.05) is 109 Å². The number of nitrogens with zero attached hydrogens (tertiary/aromatic N) is 2. The second-order valence-corrected chi connectivity index (χ2v) is 12.0. The Morgan fingerprint density at radius 1 is 0.854 bits per heavy atom. The van der Waals surface area contributed by atoms with Crippen molar-refractivity contribution in [2.24, 2.45) is 0 Å². The number of benzene rings is 4. The van der Waals surface area contributed by atoms with Gasteiger partial charge in [0.15, 0.2) is 5.78 Å². The number of morpholine rings is 1. The molecule has 4 aromatic carbocycles. The van der Waals surface area contributed by atoms with E-state index in [-0.39, 0.29) is 24.3 Å². The van der Waals surface area contributed by atoms with Crippen LogP contribution in [-0.4, -0.2) is 54.5 Å². The minimum atomic E-state index is -0.837. The zero-order valence-electron chi connectivity index (χ0n) is 27.0. The molecule has 2 heterocycles. The number of rotatable bonds is 13. The number of aryl methyl sites for hydroxylation is 1. The van der Waals surface area contributed by atoms with Crippen LogP contribution in [0.15, 0.2) is 120 Å². The topological polar surface area (TPSA) is 116 Å². The number of ketones is 1. The van der Waals surface area contributed by atoms with Crippen LogP contribution < -0.4 is 10.6 Å². The van der Waals surface area contributed by atoms with Gasteiger partial charge in [-0.3, -0.25) is 4.79 Å². The first-order chi connectivity index (χ1) is 23.6. The molecule has 3 atom stereocenters. The Bertz CT molecular complexity index is 1720. The van der Waals surface area contributed by atoms with Crippen LogP contribution in [0.1, 0.15) is 58.0 Å². The molecule has 0 unspecified atom stereocenters. The van der Waals surface area contributed by atoms with Crippen molar-refractivity contribution in [3.8, 4) is 0 Å². The summed E-state index contributed by atoms with van der Waals surface area (Å²) in [5, 5.41) is 14.8. The van der Waals surface area contributed by atoms with Crippen LogP contribution in [0.3, 0.4) is 0 Å². The Labute approximate surface area is 280 Å². The van der Waals surface area contributed by atoms with Gasteiger partial charge < -0.3 is 24.5 Å². The fraction of sp³-hybridized carbons (Fsp3) is 0.282. The van der Waals surface area contributed by atoms with Gasteiger partial charge in [0.2, 0.25) is 11.8 Å². The van der Waals surface area contributed by atoms with Gasteiger partial charge in [-0.2, -0.15) is 0 Å². The summed E-state index contributed by atoms with van der Waals surface area (Å²) in [5.74, 6) is 0.612. The van der Waals surface area contributed by atoms with Crippen LogP contribution in [0.2, 0.25) is 0 Å². The van der Waals surface area contributed by atoms with Crippen molar-refractivity contribution >= 4 is 11.9 Å². The van der Waals surface area contributed by atoms with E-state index in [9.17, 15) is 9.59 Å². The molecule has 1 aliphatic rings. The van der Waals surface area contributed by atoms with Gasteiger partial charge in [-0.05, 0) is 40.7 Å². The zero-order valence-corrected chi connectivity index (χ0v) is 27.0. The van der Waals surface area contributed by atoms with E-state index >= 15 is 0 Å². The zero-order chi connectivity index (χ0) is 33.1. The van der Waals surface area contributed by atoms with Crippen LogP contribution in [0.4, 0.5) is 4.79 Å². The van der Waals surface area contributed by atoms with Crippen LogP contribution in [0, 0.1) is 0 Å². The van der Waals surface area contributed by atoms with Crippen molar-refractivity contribution < 1.29 is 23.5 Å². The predicted molar refractivity (Wildman–Crippen MR) is 182 cm³/mol. The molecule has 5 aromatic rings. The van der Waals surface area contributed by atoms with Crippen LogP contribution in [0.5, 0.6) is 0 Å². The third-order valence-electron chi connectivity index (χ3n) is 8.74. The van der Waals surface area contributed by atoms with Crippen LogP contribution in [-0.2, 0) is 33.5 Å². The number of ether oxygens (including phenoxy) is 2. The van der Waals surface area contributed by atoms with Gasteiger partial charge in [0.05, 0.1) is 26.2 Å². The third kappa shape index (κ3) is 8.42. The minimum Gasteiger partial charge on any atom is -0.453 e. The summed E-state index contributed by atoms with van der Waals surface area (Å²) in [4.78, 5) is 26.7. The smallest absolute Gasteiger partial charge is 0.407 e. The average Bonchev–Trinajstić information content (AvgIpc) is 3.60. The lowest BCUT2D eigenvalue weighted by atomic mass is 9.81. The summed E-state index contributed by atoms with van der Waals surface area (Å²) in [5.41, 5.74) is 4.98. The third-order valence-corrected chi connectivity index (χ3v) is 8.74. The number of Topliss-reactive ketones (excluding diaryl/α,β-unsaturated/α-hetero) is 1. The number of aromatic nitrogens is 2. The van der Waals surface area contributed by atoms with Crippen molar-refractivity contribution in [2.45, 2.75) is 49.8 Å². The fourth-order valence-corrected chi connectivity index (χ4v) is 6.24. The van der Waals surface area contributed by atoms with E-state index in [1.54, 1.807) is 0 Å². The van der Waals surface area contributed by atoms with Crippen LogP contribution >= 0.6 is 0 Å². The molecule has 0 bridgehead atoms. The number of carbonyl (C=O) groups is 2. The molecule has 9 nitrogen and oxygen atoms in total. The molecule has 0 spiro atoms. The molecular weight excluding hydrogens is 604 g/mol. The molecule has 6 rings (SSSR count). The lowest BCUT2D eigenvalue weighted by Crippen LogP contribution is -2.46. The van der Waals surface area contributed by atoms with Gasteiger partial charge in [-0.15, -0.1) is 10.2 Å². The predicted octanol–water partition coefficient (Wildman–Crippen LogP) is 5.99. The largest absolute Gasteiger partial charge is 0.453 e. The summed E-state index contributed by atoms with van der Waals surface area (Å²) < 4.78 is 17.1. The number of carbonyl (C=O) groups excluding carboxylic acids is 2. The molecule has 1 fully saturated rings. The van der Waals surface area contributed by atoms with E-state index in [1.165, 1.54) is 7.11 Å². The maximum absolute atomic E-state index is 14.2. The maximum Gasteiger partial charge on any atom is 0.407 e. The van der Waals surface area contributed by atoms with E-state index in [0.29, 0.717) is 31.4 Å². The standard InChI is InChI=1S/C39H40N4O5/c1-46-39(45)41-37(36(29-16-7-3-8-17-29)30-18-9-4-10-19-30)34(44)24-31-20-12-11-15-28(31)21-22-32-25-40-33(26-47-32)38-43-42-35(48-38)23-27-13-5-2-6-14-27/h2-20,32-33,36-37,40H,21-26H2,1H3,(H,41,45)/t32-,33+,37-/m1/s1. The van der Waals surface area contributed by atoms with E-state index in [0.717, 1.165) is 40.7 Å². The molecule has 1 amide bonds. The van der Waals surface area contributed by atoms with E-state index in [4.69, 9.17) is 13.9 Å². The molecule has 2 N–H and O–H groups in total. The number of hydrogen-bond acceptors (Lipinski definition) is 8. The molecular formula is C39H40N4O5. The molecule has 246 valence electrons. The first-order valence-electron chi connectivity index (χ1n) is 16.3. The number of alkyl carbamates (subject to hydrolysis) is 1. The van der Waals surface area contributed by atoms with Crippen molar-refractivity contribution in [3.63, 3.8) is 0 Å². The second-order valence-electron chi connectivity index (χ2n) is 12.0. The summed E-state index contributed by atoms with van der Waals surface area (Å²) in [6, 6.07) is 36.6. The molecule has 48 heavy (non-hydrogen) atoms. The van der Waals surface area contributed by atoms with Crippen LogP contribution in [0.25, 0.3) is 0 Å². The lowest BCUT2D eigenvalue weighted by molar-refractivity contribution is -0.120. The quantitative estimate of drug-likeness (QED) is 0.161. The first-order valence-corrected chi connectivity index (χ1v) is 16.3. The van der Waals surface area contributed by atoms with Gasteiger partial charge in [0.1, 0.15) is 12.1 Å². The summed E-state index contributed by atoms with van der Waals surface area (Å²) in [7, 11) is 1.31. The Morgan fingerprint density at radius 3 is 2.10 bits per heavy atom. The molecule has 1 aromatic heterocycles. The average molecular weight is 645 g/mol. The van der Waals surface area contributed by atoms with Crippen molar-refractivity contribution in [1.29, 1.82) is 0 Å². The molecule has 9 heteroatoms.